The fourth-order valence-corrected chi connectivity index (χ4v) is 2.49. The molecular weight excluding hydrogens is 309 g/mol. The van der Waals surface area contributed by atoms with E-state index in [2.05, 4.69) is 20.9 Å². The van der Waals surface area contributed by atoms with Crippen molar-refractivity contribution in [2.75, 3.05) is 0 Å². The summed E-state index contributed by atoms with van der Waals surface area (Å²) < 4.78 is 13.9. The van der Waals surface area contributed by atoms with E-state index < -0.39 is 0 Å². The molecule has 0 bridgehead atoms. The molecule has 1 aromatic heterocycles. The summed E-state index contributed by atoms with van der Waals surface area (Å²) in [6, 6.07) is 8.07. The summed E-state index contributed by atoms with van der Waals surface area (Å²) in [6.45, 7) is 3.69. The summed E-state index contributed by atoms with van der Waals surface area (Å²) >= 11 is 3.22. The number of halogens is 2. The van der Waals surface area contributed by atoms with Crippen molar-refractivity contribution in [3.63, 3.8) is 0 Å². The number of benzene rings is 1. The van der Waals surface area contributed by atoms with Crippen molar-refractivity contribution in [3.8, 4) is 0 Å². The first kappa shape index (κ1) is 13.9. The second-order valence-corrected chi connectivity index (χ2v) is 5.38. The molecule has 19 heavy (non-hydrogen) atoms. The first-order chi connectivity index (χ1) is 8.95. The van der Waals surface area contributed by atoms with Crippen molar-refractivity contribution in [3.05, 3.63) is 63.1 Å². The number of carbonyl (C=O) groups is 1. The van der Waals surface area contributed by atoms with Gasteiger partial charge < -0.3 is 0 Å². The first-order valence-corrected chi connectivity index (χ1v) is 6.67. The maximum absolute atomic E-state index is 13.3. The first-order valence-electron chi connectivity index (χ1n) is 5.88. The van der Waals surface area contributed by atoms with Gasteiger partial charge in [0.15, 0.2) is 5.78 Å². The number of Topliss-reactive ketones (excluding diaryl/α,β-unsaturated/α-hetero) is 1. The Balaban J connectivity index is 2.25. The van der Waals surface area contributed by atoms with Crippen LogP contribution in [0, 0.1) is 19.7 Å². The molecule has 0 aliphatic rings. The number of hydrogen-bond acceptors (Lipinski definition) is 2. The fourth-order valence-electron chi connectivity index (χ4n) is 1.97. The van der Waals surface area contributed by atoms with Crippen LogP contribution in [0.4, 0.5) is 4.39 Å². The minimum Gasteiger partial charge on any atom is -0.294 e. The number of ketones is 1. The number of aromatic nitrogens is 1. The van der Waals surface area contributed by atoms with Crippen LogP contribution in [0.25, 0.3) is 0 Å². The third-order valence-electron chi connectivity index (χ3n) is 2.81. The van der Waals surface area contributed by atoms with Crippen LogP contribution < -0.4 is 0 Å². The van der Waals surface area contributed by atoms with Crippen molar-refractivity contribution >= 4 is 21.7 Å². The Hall–Kier alpha value is -1.55. The Bertz CT molecular complexity index is 620. The summed E-state index contributed by atoms with van der Waals surface area (Å²) in [6.07, 6.45) is 0.169. The highest BCUT2D eigenvalue weighted by molar-refractivity contribution is 9.10. The van der Waals surface area contributed by atoms with E-state index in [9.17, 15) is 9.18 Å². The van der Waals surface area contributed by atoms with Gasteiger partial charge in [-0.1, -0.05) is 15.9 Å². The second kappa shape index (κ2) is 5.61. The van der Waals surface area contributed by atoms with Crippen LogP contribution in [-0.2, 0) is 6.42 Å². The standard InChI is InChI=1S/C15H13BrFNO/c1-9-3-4-14(10(2)18-9)15(19)7-11-5-12(16)8-13(17)6-11/h3-6,8H,7H2,1-2H3. The highest BCUT2D eigenvalue weighted by Gasteiger charge is 2.12. The van der Waals surface area contributed by atoms with E-state index in [4.69, 9.17) is 0 Å². The van der Waals surface area contributed by atoms with Crippen LogP contribution in [0.3, 0.4) is 0 Å². The molecule has 0 spiro atoms. The molecule has 0 aliphatic carbocycles. The summed E-state index contributed by atoms with van der Waals surface area (Å²) in [4.78, 5) is 16.5. The van der Waals surface area contributed by atoms with E-state index in [1.807, 2.05) is 19.9 Å². The molecule has 0 N–H and O–H groups in total. The average molecular weight is 322 g/mol. The maximum atomic E-state index is 13.3. The van der Waals surface area contributed by atoms with Gasteiger partial charge in [-0.2, -0.15) is 0 Å². The molecule has 0 saturated heterocycles. The Morgan fingerprint density at radius 1 is 1.26 bits per heavy atom. The predicted octanol–water partition coefficient (Wildman–Crippen LogP) is 4.03. The highest BCUT2D eigenvalue weighted by atomic mass is 79.9. The molecule has 0 amide bonds. The Labute approximate surface area is 119 Å². The van der Waals surface area contributed by atoms with Gasteiger partial charge in [-0.05, 0) is 49.7 Å². The fraction of sp³-hybridized carbons (Fsp3) is 0.200. The Morgan fingerprint density at radius 2 is 2.00 bits per heavy atom. The molecule has 2 rings (SSSR count). The molecule has 0 radical (unpaired) electrons. The van der Waals surface area contributed by atoms with Crippen molar-refractivity contribution < 1.29 is 9.18 Å². The molecule has 4 heteroatoms. The molecule has 1 heterocycles. The number of pyridine rings is 1. The van der Waals surface area contributed by atoms with Gasteiger partial charge in [-0.25, -0.2) is 4.39 Å². The van der Waals surface area contributed by atoms with E-state index in [0.29, 0.717) is 21.3 Å². The van der Waals surface area contributed by atoms with Crippen LogP contribution in [-0.4, -0.2) is 10.8 Å². The number of nitrogens with zero attached hydrogens (tertiary/aromatic N) is 1. The quantitative estimate of drug-likeness (QED) is 0.799. The third kappa shape index (κ3) is 3.47. The van der Waals surface area contributed by atoms with Crippen molar-refractivity contribution in [2.24, 2.45) is 0 Å². The SMILES string of the molecule is Cc1ccc(C(=O)Cc2cc(F)cc(Br)c2)c(C)n1. The summed E-state index contributed by atoms with van der Waals surface area (Å²) in [5.41, 5.74) is 2.82. The lowest BCUT2D eigenvalue weighted by atomic mass is 10.0. The van der Waals surface area contributed by atoms with Gasteiger partial charge in [0.2, 0.25) is 0 Å². The predicted molar refractivity (Wildman–Crippen MR) is 75.8 cm³/mol. The van der Waals surface area contributed by atoms with E-state index >= 15 is 0 Å². The van der Waals surface area contributed by atoms with Crippen LogP contribution in [0.2, 0.25) is 0 Å². The lowest BCUT2D eigenvalue weighted by Gasteiger charge is -2.06. The molecule has 0 unspecified atom stereocenters. The van der Waals surface area contributed by atoms with E-state index in [1.165, 1.54) is 12.1 Å². The molecule has 98 valence electrons. The van der Waals surface area contributed by atoms with Crippen LogP contribution in [0.15, 0.2) is 34.8 Å². The molecular formula is C15H13BrFNO. The zero-order valence-corrected chi connectivity index (χ0v) is 12.3. The second-order valence-electron chi connectivity index (χ2n) is 4.46. The van der Waals surface area contributed by atoms with Crippen LogP contribution in [0.5, 0.6) is 0 Å². The summed E-state index contributed by atoms with van der Waals surface area (Å²) in [7, 11) is 0. The van der Waals surface area contributed by atoms with Gasteiger partial charge in [0, 0.05) is 27.8 Å². The zero-order chi connectivity index (χ0) is 14.0. The zero-order valence-electron chi connectivity index (χ0n) is 10.7. The Morgan fingerprint density at radius 3 is 2.63 bits per heavy atom. The Kier molecular flexibility index (Phi) is 4.10. The van der Waals surface area contributed by atoms with E-state index in [0.717, 1.165) is 5.69 Å². The molecule has 0 fully saturated rings. The van der Waals surface area contributed by atoms with Gasteiger partial charge >= 0.3 is 0 Å². The molecule has 0 aliphatic heterocycles. The number of carbonyl (C=O) groups excluding carboxylic acids is 1. The lowest BCUT2D eigenvalue weighted by Crippen LogP contribution is -2.07. The van der Waals surface area contributed by atoms with Crippen molar-refractivity contribution in [1.29, 1.82) is 0 Å². The minimum atomic E-state index is -0.351. The van der Waals surface area contributed by atoms with Gasteiger partial charge in [0.25, 0.3) is 0 Å². The van der Waals surface area contributed by atoms with E-state index in [-0.39, 0.29) is 18.0 Å². The molecule has 1 aromatic carbocycles. The lowest BCUT2D eigenvalue weighted by molar-refractivity contribution is 0.0992. The highest BCUT2D eigenvalue weighted by Crippen LogP contribution is 2.17. The number of aryl methyl sites for hydroxylation is 2. The molecule has 2 nitrogen and oxygen atoms in total. The van der Waals surface area contributed by atoms with E-state index in [1.54, 1.807) is 12.1 Å². The van der Waals surface area contributed by atoms with Gasteiger partial charge in [0.05, 0.1) is 0 Å². The number of rotatable bonds is 3. The van der Waals surface area contributed by atoms with Crippen LogP contribution in [0.1, 0.15) is 27.3 Å². The minimum absolute atomic E-state index is 0.0532. The average Bonchev–Trinajstić information content (AvgIpc) is 2.26. The third-order valence-corrected chi connectivity index (χ3v) is 3.27. The molecule has 0 atom stereocenters. The van der Waals surface area contributed by atoms with Gasteiger partial charge in [0.1, 0.15) is 5.82 Å². The summed E-state index contributed by atoms with van der Waals surface area (Å²) in [5, 5.41) is 0. The largest absolute Gasteiger partial charge is 0.294 e. The number of hydrogen-bond donors (Lipinski definition) is 0. The normalized spacial score (nSPS) is 10.5. The monoisotopic (exact) mass is 321 g/mol. The maximum Gasteiger partial charge on any atom is 0.169 e. The summed E-state index contributed by atoms with van der Waals surface area (Å²) in [5.74, 6) is -0.404. The molecule has 0 saturated carbocycles. The van der Waals surface area contributed by atoms with Gasteiger partial charge in [-0.15, -0.1) is 0 Å². The van der Waals surface area contributed by atoms with Crippen molar-refractivity contribution in [1.82, 2.24) is 4.98 Å². The van der Waals surface area contributed by atoms with Gasteiger partial charge in [-0.3, -0.25) is 9.78 Å². The van der Waals surface area contributed by atoms with Crippen LogP contribution >= 0.6 is 15.9 Å². The molecule has 2 aromatic rings. The smallest absolute Gasteiger partial charge is 0.169 e. The topological polar surface area (TPSA) is 30.0 Å². The van der Waals surface area contributed by atoms with Crippen molar-refractivity contribution in [2.45, 2.75) is 20.3 Å².